The molecule has 4 nitrogen and oxygen atoms in total. The van der Waals surface area contributed by atoms with Crippen molar-refractivity contribution in [3.63, 3.8) is 0 Å². The Kier molecular flexibility index (Phi) is 16.0. The Morgan fingerprint density at radius 1 is 0.172 bits per heavy atom. The lowest BCUT2D eigenvalue weighted by Gasteiger charge is -2.22. The number of hydrogen-bond donors (Lipinski definition) is 0. The molecule has 0 bridgehead atoms. The maximum Gasteiger partial charge on any atom is 0.123 e. The minimum atomic E-state index is -0.384. The number of nitrogens with zero attached hydrogens (tertiary/aromatic N) is 4. The van der Waals surface area contributed by atoms with Gasteiger partial charge in [0.05, 0.1) is 44.1 Å². The average Bonchev–Trinajstić information content (AvgIpc) is 0.820. The number of halogens is 8. The van der Waals surface area contributed by atoms with Gasteiger partial charge in [0.25, 0.3) is 0 Å². The Balaban J connectivity index is 0.000000145. The topological polar surface area (TPSA) is 19.7 Å². The molecule has 18 aromatic carbocycles. The van der Waals surface area contributed by atoms with Gasteiger partial charge in [-0.05, 0) is 321 Å². The first-order valence-corrected chi connectivity index (χ1v) is 38.3. The van der Waals surface area contributed by atoms with E-state index < -0.39 is 0 Å². The fraction of sp³-hybridized carbons (Fsp3) is 0.0385. The van der Waals surface area contributed by atoms with Gasteiger partial charge in [0.1, 0.15) is 46.5 Å². The highest BCUT2D eigenvalue weighted by Crippen LogP contribution is 2.51. The highest BCUT2D eigenvalue weighted by atomic mass is 19.2. The summed E-state index contributed by atoms with van der Waals surface area (Å²) in [4.78, 5) is 0. The Morgan fingerprint density at radius 2 is 0.397 bits per heavy atom. The zero-order valence-corrected chi connectivity index (χ0v) is 62.8. The van der Waals surface area contributed by atoms with E-state index in [1.165, 1.54) is 97.1 Å². The summed E-state index contributed by atoms with van der Waals surface area (Å²) in [5.74, 6) is -3.07. The zero-order valence-electron chi connectivity index (χ0n) is 62.8. The first kappa shape index (κ1) is 69.6. The number of aryl methyl sites for hydroxylation is 4. The predicted molar refractivity (Wildman–Crippen MR) is 461 cm³/mol. The minimum Gasteiger partial charge on any atom is -0.309 e. The molecule has 4 heterocycles. The number of aromatic nitrogens is 4. The molecule has 0 N–H and O–H groups in total. The van der Waals surface area contributed by atoms with Gasteiger partial charge in [0, 0.05) is 65.8 Å². The predicted octanol–water partition coefficient (Wildman–Crippen LogP) is 29.4. The molecule has 0 radical (unpaired) electrons. The molecule has 0 saturated heterocycles. The monoisotopic (exact) mass is 1520 g/mol. The Morgan fingerprint density at radius 3 is 0.629 bits per heavy atom. The lowest BCUT2D eigenvalue weighted by molar-refractivity contribution is 0.628. The van der Waals surface area contributed by atoms with Gasteiger partial charge in [0.15, 0.2) is 0 Å². The summed E-state index contributed by atoms with van der Waals surface area (Å²) in [6, 6.07) is 96.9. The van der Waals surface area contributed by atoms with Crippen LogP contribution in [0, 0.1) is 74.2 Å². The normalized spacial score (nSPS) is 12.0. The van der Waals surface area contributed by atoms with Crippen LogP contribution in [-0.2, 0) is 0 Å². The molecular formula is C104H64F8N4. The van der Waals surface area contributed by atoms with Crippen LogP contribution in [0.1, 0.15) is 22.3 Å². The van der Waals surface area contributed by atoms with E-state index in [9.17, 15) is 35.1 Å². The fourth-order valence-electron chi connectivity index (χ4n) is 18.5. The van der Waals surface area contributed by atoms with Crippen molar-refractivity contribution in [1.29, 1.82) is 0 Å². The molecule has 0 aliphatic heterocycles. The highest BCUT2D eigenvalue weighted by Gasteiger charge is 2.27. The van der Waals surface area contributed by atoms with Gasteiger partial charge < -0.3 is 18.3 Å². The Labute approximate surface area is 659 Å². The Bertz CT molecular complexity index is 7310. The van der Waals surface area contributed by atoms with Crippen molar-refractivity contribution in [2.24, 2.45) is 0 Å². The third-order valence-corrected chi connectivity index (χ3v) is 23.4. The van der Waals surface area contributed by atoms with Gasteiger partial charge in [-0.15, -0.1) is 0 Å². The number of rotatable bonds is 8. The quantitative estimate of drug-likeness (QED) is 0.107. The van der Waals surface area contributed by atoms with E-state index in [2.05, 4.69) is 204 Å². The van der Waals surface area contributed by atoms with Gasteiger partial charge in [0.2, 0.25) is 0 Å². The second-order valence-electron chi connectivity index (χ2n) is 30.4. The van der Waals surface area contributed by atoms with Crippen LogP contribution in [0.3, 0.4) is 0 Å². The molecule has 22 aromatic rings. The van der Waals surface area contributed by atoms with Gasteiger partial charge in [-0.2, -0.15) is 0 Å². The van der Waals surface area contributed by atoms with Crippen LogP contribution in [0.4, 0.5) is 35.1 Å². The van der Waals surface area contributed by atoms with Gasteiger partial charge >= 0.3 is 0 Å². The van der Waals surface area contributed by atoms with E-state index in [4.69, 9.17) is 0 Å². The maximum atomic E-state index is 14.7. The van der Waals surface area contributed by atoms with Crippen LogP contribution in [-0.4, -0.2) is 18.3 Å². The molecule has 556 valence electrons. The molecule has 0 aliphatic carbocycles. The van der Waals surface area contributed by atoms with E-state index in [0.717, 1.165) is 177 Å². The zero-order chi connectivity index (χ0) is 78.8. The molecule has 4 aromatic heterocycles. The summed E-state index contributed by atoms with van der Waals surface area (Å²) in [5.41, 5.74) is 22.5. The lowest BCUT2D eigenvalue weighted by atomic mass is 9.83. The fourth-order valence-corrected chi connectivity index (χ4v) is 18.5. The van der Waals surface area contributed by atoms with Crippen molar-refractivity contribution < 1.29 is 35.1 Å². The van der Waals surface area contributed by atoms with Crippen LogP contribution >= 0.6 is 0 Å². The summed E-state index contributed by atoms with van der Waals surface area (Å²) in [6.07, 6.45) is 0. The number of hydrogen-bond acceptors (Lipinski definition) is 0. The second kappa shape index (κ2) is 26.6. The molecule has 0 fully saturated rings. The summed E-state index contributed by atoms with van der Waals surface area (Å²) in [6.45, 7) is 8.41. The van der Waals surface area contributed by atoms with Crippen LogP contribution in [0.5, 0.6) is 0 Å². The van der Waals surface area contributed by atoms with Crippen LogP contribution in [0.15, 0.2) is 315 Å². The van der Waals surface area contributed by atoms with Crippen LogP contribution < -0.4 is 0 Å². The third kappa shape index (κ3) is 11.1. The average molecular weight is 1520 g/mol. The van der Waals surface area contributed by atoms with Gasteiger partial charge in [-0.1, -0.05) is 132 Å². The summed E-state index contributed by atoms with van der Waals surface area (Å²) in [5, 5.41) is 13.3. The van der Waals surface area contributed by atoms with E-state index in [1.807, 2.05) is 12.1 Å². The molecule has 0 aliphatic rings. The smallest absolute Gasteiger partial charge is 0.123 e. The first-order chi connectivity index (χ1) is 56.4. The molecule has 0 atom stereocenters. The molecule has 0 unspecified atom stereocenters. The van der Waals surface area contributed by atoms with Crippen molar-refractivity contribution in [2.75, 3.05) is 0 Å². The Hall–Kier alpha value is -14.4. The molecule has 22 rings (SSSR count). The van der Waals surface area contributed by atoms with E-state index in [1.54, 1.807) is 48.5 Å². The minimum absolute atomic E-state index is 0.384. The second-order valence-corrected chi connectivity index (χ2v) is 30.4. The van der Waals surface area contributed by atoms with Crippen molar-refractivity contribution in [3.05, 3.63) is 384 Å². The largest absolute Gasteiger partial charge is 0.309 e. The van der Waals surface area contributed by atoms with Crippen molar-refractivity contribution >= 4 is 130 Å². The molecule has 0 saturated carbocycles. The van der Waals surface area contributed by atoms with Crippen molar-refractivity contribution in [2.45, 2.75) is 27.7 Å². The number of fused-ring (bicyclic) bond motifs is 16. The van der Waals surface area contributed by atoms with E-state index >= 15 is 0 Å². The molecule has 116 heavy (non-hydrogen) atoms. The van der Waals surface area contributed by atoms with Crippen LogP contribution in [0.25, 0.3) is 198 Å². The standard InChI is InChI=1S/2C52H32F4N2/c1-29-5-3-7-31(21-29)51-39-15-13-38(58-49-19-11-35(55)25-43(49)44-26-36(56)12-20-50(44)58)28-46(39)52(32-8-4-6-30(2)22-32)40-16-14-37(27-45(40)51)57-47-17-9-33(53)23-41(47)42-24-34(54)10-18-48(42)57;1-29-7-3-5-9-37(29)51-39-17-15-36(58-49-21-13-33(55)25-43(49)44-26-34(56)14-22-50(44)58)28-46(39)52(38-10-6-4-8-30(38)2)40-18-16-35(27-45(40)51)57-47-19-11-31(53)23-41(47)42-24-32(54)12-20-48(42)57/h2*3-28H,1-2H3. The highest BCUT2D eigenvalue weighted by molar-refractivity contribution is 6.25. The van der Waals surface area contributed by atoms with Gasteiger partial charge in [-0.25, -0.2) is 35.1 Å². The van der Waals surface area contributed by atoms with E-state index in [0.29, 0.717) is 43.1 Å². The SMILES string of the molecule is Cc1cccc(-c2c3ccc(-n4c5ccc(F)cc5c5cc(F)ccc54)cc3c(-c3cccc(C)c3)c3ccc(-n4c5ccc(F)cc5c5cc(F)ccc54)cc23)c1.Cc1ccccc1-c1c2ccc(-n3c4ccc(F)cc4c4cc(F)ccc43)cc2c(-c2ccccc2C)c2ccc(-n3c4ccc(F)cc4c4cc(F)ccc43)cc12. The first-order valence-electron chi connectivity index (χ1n) is 38.3. The number of benzene rings is 18. The third-order valence-electron chi connectivity index (χ3n) is 23.4. The summed E-state index contributed by atoms with van der Waals surface area (Å²) in [7, 11) is 0. The van der Waals surface area contributed by atoms with E-state index in [-0.39, 0.29) is 46.5 Å². The van der Waals surface area contributed by atoms with Crippen molar-refractivity contribution in [1.82, 2.24) is 18.3 Å². The molecular weight excluding hydrogens is 1460 g/mol. The maximum absolute atomic E-state index is 14.7. The van der Waals surface area contributed by atoms with Crippen molar-refractivity contribution in [3.8, 4) is 67.3 Å². The van der Waals surface area contributed by atoms with Gasteiger partial charge in [-0.3, -0.25) is 0 Å². The molecule has 12 heteroatoms. The molecule has 0 amide bonds. The summed E-state index contributed by atoms with van der Waals surface area (Å²) < 4.78 is 126. The lowest BCUT2D eigenvalue weighted by Crippen LogP contribution is -1.99. The summed E-state index contributed by atoms with van der Waals surface area (Å²) >= 11 is 0. The van der Waals surface area contributed by atoms with Crippen LogP contribution in [0.2, 0.25) is 0 Å². The molecule has 0 spiro atoms.